The minimum absolute atomic E-state index is 1.12. The molecule has 0 bridgehead atoms. The first-order chi connectivity index (χ1) is 7.65. The number of hydrogen-bond donors (Lipinski definition) is 1. The number of H-pyrrole nitrogens is 1. The van der Waals surface area contributed by atoms with Gasteiger partial charge in [-0.2, -0.15) is 0 Å². The molecule has 2 aromatic rings. The molecule has 0 unspecified atom stereocenters. The maximum atomic E-state index is 3.49. The van der Waals surface area contributed by atoms with Crippen molar-refractivity contribution in [2.24, 2.45) is 0 Å². The zero-order chi connectivity index (χ0) is 11.5. The van der Waals surface area contributed by atoms with E-state index < -0.39 is 0 Å². The molecule has 1 aromatic heterocycles. The second-order valence-corrected chi connectivity index (χ2v) is 5.35. The fraction of sp³-hybridized carbons (Fsp3) is 0.385. The fourth-order valence-corrected chi connectivity index (χ4v) is 2.26. The smallest absolute Gasteiger partial charge is 0.0456 e. The molecule has 0 aliphatic carbocycles. The number of nitrogens with zero attached hydrogens (tertiary/aromatic N) is 1. The molecule has 0 saturated carbocycles. The standard InChI is InChI=1S/C13H17BrN2/c1-16(2)7-3-4-12-9-10-8-11(14)5-6-13(10)15-12/h5-6,8-9,15H,3-4,7H2,1-2H3. The van der Waals surface area contributed by atoms with Gasteiger partial charge in [0.25, 0.3) is 0 Å². The lowest BCUT2D eigenvalue weighted by molar-refractivity contribution is 0.400. The fourth-order valence-electron chi connectivity index (χ4n) is 1.88. The molecule has 1 heterocycles. The third-order valence-electron chi connectivity index (χ3n) is 2.69. The molecule has 0 atom stereocenters. The van der Waals surface area contributed by atoms with Gasteiger partial charge in [0.1, 0.15) is 0 Å². The van der Waals surface area contributed by atoms with Gasteiger partial charge in [0, 0.05) is 21.1 Å². The highest BCUT2D eigenvalue weighted by molar-refractivity contribution is 9.10. The normalized spacial score (nSPS) is 11.5. The number of hydrogen-bond acceptors (Lipinski definition) is 1. The molecule has 86 valence electrons. The lowest BCUT2D eigenvalue weighted by atomic mass is 10.2. The van der Waals surface area contributed by atoms with E-state index >= 15 is 0 Å². The van der Waals surface area contributed by atoms with Crippen molar-refractivity contribution in [3.8, 4) is 0 Å². The van der Waals surface area contributed by atoms with Crippen molar-refractivity contribution in [1.82, 2.24) is 9.88 Å². The van der Waals surface area contributed by atoms with Crippen LogP contribution in [0.5, 0.6) is 0 Å². The first-order valence-corrected chi connectivity index (χ1v) is 6.36. The molecule has 0 aliphatic rings. The SMILES string of the molecule is CN(C)CCCc1cc2cc(Br)ccc2[nH]1. The summed E-state index contributed by atoms with van der Waals surface area (Å²) in [4.78, 5) is 5.68. The Bertz CT molecular complexity index is 474. The number of rotatable bonds is 4. The molecule has 1 N–H and O–H groups in total. The zero-order valence-electron chi connectivity index (χ0n) is 9.76. The highest BCUT2D eigenvalue weighted by Gasteiger charge is 2.01. The van der Waals surface area contributed by atoms with E-state index in [1.54, 1.807) is 0 Å². The third-order valence-corrected chi connectivity index (χ3v) is 3.18. The van der Waals surface area contributed by atoms with Crippen molar-refractivity contribution >= 4 is 26.8 Å². The van der Waals surface area contributed by atoms with Crippen LogP contribution in [0.25, 0.3) is 10.9 Å². The van der Waals surface area contributed by atoms with E-state index in [0.29, 0.717) is 0 Å². The lowest BCUT2D eigenvalue weighted by Crippen LogP contribution is -2.13. The first kappa shape index (κ1) is 11.7. The van der Waals surface area contributed by atoms with Crippen LogP contribution in [0.2, 0.25) is 0 Å². The second-order valence-electron chi connectivity index (χ2n) is 4.43. The Balaban J connectivity index is 2.08. The quantitative estimate of drug-likeness (QED) is 0.909. The van der Waals surface area contributed by atoms with Crippen molar-refractivity contribution in [1.29, 1.82) is 0 Å². The van der Waals surface area contributed by atoms with Gasteiger partial charge in [0.15, 0.2) is 0 Å². The summed E-state index contributed by atoms with van der Waals surface area (Å²) in [6, 6.07) is 8.59. The summed E-state index contributed by atoms with van der Waals surface area (Å²) in [5.41, 5.74) is 2.55. The molecule has 2 rings (SSSR count). The highest BCUT2D eigenvalue weighted by Crippen LogP contribution is 2.20. The molecule has 0 fully saturated rings. The summed E-state index contributed by atoms with van der Waals surface area (Å²) in [6.45, 7) is 1.14. The first-order valence-electron chi connectivity index (χ1n) is 5.57. The number of nitrogens with one attached hydrogen (secondary N) is 1. The minimum Gasteiger partial charge on any atom is -0.358 e. The van der Waals surface area contributed by atoms with Gasteiger partial charge in [-0.1, -0.05) is 15.9 Å². The van der Waals surface area contributed by atoms with Crippen LogP contribution in [-0.2, 0) is 6.42 Å². The van der Waals surface area contributed by atoms with E-state index in [1.807, 2.05) is 0 Å². The molecule has 3 heteroatoms. The summed E-state index contributed by atoms with van der Waals surface area (Å²) < 4.78 is 1.14. The van der Waals surface area contributed by atoms with E-state index in [-0.39, 0.29) is 0 Å². The van der Waals surface area contributed by atoms with Gasteiger partial charge in [-0.05, 0) is 57.7 Å². The Morgan fingerprint density at radius 1 is 1.25 bits per heavy atom. The number of halogens is 1. The van der Waals surface area contributed by atoms with E-state index in [4.69, 9.17) is 0 Å². The summed E-state index contributed by atoms with van der Waals surface area (Å²) >= 11 is 3.49. The van der Waals surface area contributed by atoms with Crippen molar-refractivity contribution in [2.45, 2.75) is 12.8 Å². The van der Waals surface area contributed by atoms with E-state index in [0.717, 1.165) is 17.4 Å². The zero-order valence-corrected chi connectivity index (χ0v) is 11.3. The lowest BCUT2D eigenvalue weighted by Gasteiger charge is -2.07. The van der Waals surface area contributed by atoms with Crippen molar-refractivity contribution in [3.63, 3.8) is 0 Å². The summed E-state index contributed by atoms with van der Waals surface area (Å²) in [5, 5.41) is 1.29. The van der Waals surface area contributed by atoms with Crippen LogP contribution in [0.4, 0.5) is 0 Å². The Morgan fingerprint density at radius 3 is 2.81 bits per heavy atom. The second kappa shape index (κ2) is 5.02. The Kier molecular flexibility index (Phi) is 3.66. The Hall–Kier alpha value is -0.800. The van der Waals surface area contributed by atoms with E-state index in [1.165, 1.54) is 23.0 Å². The average Bonchev–Trinajstić information content (AvgIpc) is 2.58. The molecular weight excluding hydrogens is 264 g/mol. The van der Waals surface area contributed by atoms with Crippen molar-refractivity contribution < 1.29 is 0 Å². The monoisotopic (exact) mass is 280 g/mol. The number of fused-ring (bicyclic) bond motifs is 1. The molecule has 0 saturated heterocycles. The molecule has 16 heavy (non-hydrogen) atoms. The largest absolute Gasteiger partial charge is 0.358 e. The van der Waals surface area contributed by atoms with Gasteiger partial charge in [0.2, 0.25) is 0 Å². The Morgan fingerprint density at radius 2 is 2.06 bits per heavy atom. The topological polar surface area (TPSA) is 19.0 Å². The molecule has 0 aliphatic heterocycles. The molecule has 0 spiro atoms. The van der Waals surface area contributed by atoms with Crippen LogP contribution in [-0.4, -0.2) is 30.5 Å². The number of aryl methyl sites for hydroxylation is 1. The average molecular weight is 281 g/mol. The van der Waals surface area contributed by atoms with Crippen LogP contribution >= 0.6 is 15.9 Å². The molecule has 0 amide bonds. The van der Waals surface area contributed by atoms with Crippen molar-refractivity contribution in [3.05, 3.63) is 34.4 Å². The van der Waals surface area contributed by atoms with Crippen molar-refractivity contribution in [2.75, 3.05) is 20.6 Å². The van der Waals surface area contributed by atoms with Crippen LogP contribution in [0.3, 0.4) is 0 Å². The van der Waals surface area contributed by atoms with Crippen LogP contribution in [0, 0.1) is 0 Å². The van der Waals surface area contributed by atoms with Gasteiger partial charge in [-0.25, -0.2) is 0 Å². The van der Waals surface area contributed by atoms with Crippen LogP contribution in [0.15, 0.2) is 28.7 Å². The van der Waals surface area contributed by atoms with E-state index in [2.05, 4.69) is 64.2 Å². The van der Waals surface area contributed by atoms with Gasteiger partial charge >= 0.3 is 0 Å². The summed E-state index contributed by atoms with van der Waals surface area (Å²) in [5.74, 6) is 0. The highest BCUT2D eigenvalue weighted by atomic mass is 79.9. The van der Waals surface area contributed by atoms with E-state index in [9.17, 15) is 0 Å². The maximum Gasteiger partial charge on any atom is 0.0456 e. The van der Waals surface area contributed by atoms with Gasteiger partial charge in [-0.3, -0.25) is 0 Å². The predicted molar refractivity (Wildman–Crippen MR) is 72.9 cm³/mol. The molecule has 2 nitrogen and oxygen atoms in total. The van der Waals surface area contributed by atoms with Gasteiger partial charge < -0.3 is 9.88 Å². The number of benzene rings is 1. The number of aromatic amines is 1. The number of aromatic nitrogens is 1. The predicted octanol–water partition coefficient (Wildman–Crippen LogP) is 3.42. The van der Waals surface area contributed by atoms with Crippen LogP contribution in [0.1, 0.15) is 12.1 Å². The summed E-state index contributed by atoms with van der Waals surface area (Å²) in [7, 11) is 4.23. The molecule has 1 aromatic carbocycles. The van der Waals surface area contributed by atoms with Gasteiger partial charge in [-0.15, -0.1) is 0 Å². The third kappa shape index (κ3) is 2.86. The minimum atomic E-state index is 1.12. The Labute approximate surface area is 105 Å². The molecular formula is C13H17BrN2. The van der Waals surface area contributed by atoms with Crippen LogP contribution < -0.4 is 0 Å². The summed E-state index contributed by atoms with van der Waals surface area (Å²) in [6.07, 6.45) is 2.31. The molecule has 0 radical (unpaired) electrons. The maximum absolute atomic E-state index is 3.49. The van der Waals surface area contributed by atoms with Gasteiger partial charge in [0.05, 0.1) is 0 Å².